The number of hydrogen-bond donors (Lipinski definition) is 1. The number of nitrogens with zero attached hydrogens (tertiary/aromatic N) is 2. The molecule has 0 atom stereocenters. The second-order valence-corrected chi connectivity index (χ2v) is 5.31. The molecule has 2 N–H and O–H groups in total. The van der Waals surface area contributed by atoms with E-state index in [1.165, 1.54) is 6.42 Å². The van der Waals surface area contributed by atoms with Gasteiger partial charge in [-0.15, -0.1) is 0 Å². The van der Waals surface area contributed by atoms with E-state index >= 15 is 0 Å². The molecule has 0 saturated carbocycles. The smallest absolute Gasteiger partial charge is 0.0426 e. The van der Waals surface area contributed by atoms with Crippen LogP contribution in [0.15, 0.2) is 18.2 Å². The van der Waals surface area contributed by atoms with Crippen LogP contribution in [0.4, 0.5) is 5.69 Å². The molecular formula is C14H24ClN3. The fraction of sp³-hybridized carbons (Fsp3) is 0.571. The van der Waals surface area contributed by atoms with E-state index in [1.807, 2.05) is 18.2 Å². The van der Waals surface area contributed by atoms with E-state index < -0.39 is 0 Å². The average Bonchev–Trinajstić information content (AvgIpc) is 2.30. The van der Waals surface area contributed by atoms with Gasteiger partial charge in [0.2, 0.25) is 0 Å². The second-order valence-electron chi connectivity index (χ2n) is 4.87. The third-order valence-corrected chi connectivity index (χ3v) is 3.26. The van der Waals surface area contributed by atoms with E-state index in [0.29, 0.717) is 5.02 Å². The molecule has 1 rings (SSSR count). The molecule has 0 amide bonds. The van der Waals surface area contributed by atoms with Gasteiger partial charge in [-0.25, -0.2) is 0 Å². The maximum atomic E-state index is 5.98. The summed E-state index contributed by atoms with van der Waals surface area (Å²) in [4.78, 5) is 4.62. The summed E-state index contributed by atoms with van der Waals surface area (Å²) in [5, 5.41) is 0.701. The van der Waals surface area contributed by atoms with Crippen molar-refractivity contribution in [1.82, 2.24) is 9.80 Å². The molecular weight excluding hydrogens is 246 g/mol. The summed E-state index contributed by atoms with van der Waals surface area (Å²) in [5.74, 6) is 0. The molecule has 0 unspecified atom stereocenters. The normalized spacial score (nSPS) is 11.4. The predicted molar refractivity (Wildman–Crippen MR) is 80.0 cm³/mol. The Balaban J connectivity index is 2.51. The van der Waals surface area contributed by atoms with Crippen LogP contribution < -0.4 is 5.73 Å². The van der Waals surface area contributed by atoms with Gasteiger partial charge in [0.15, 0.2) is 0 Å². The molecule has 3 nitrogen and oxygen atoms in total. The lowest BCUT2D eigenvalue weighted by Gasteiger charge is -2.22. The highest BCUT2D eigenvalue weighted by atomic mass is 35.5. The third kappa shape index (κ3) is 5.25. The van der Waals surface area contributed by atoms with Crippen LogP contribution in [0.5, 0.6) is 0 Å². The van der Waals surface area contributed by atoms with Gasteiger partial charge in [0, 0.05) is 17.3 Å². The van der Waals surface area contributed by atoms with Crippen LogP contribution in [0, 0.1) is 0 Å². The maximum absolute atomic E-state index is 5.98. The molecule has 0 aliphatic carbocycles. The van der Waals surface area contributed by atoms with Crippen molar-refractivity contribution in [2.24, 2.45) is 0 Å². The third-order valence-electron chi connectivity index (χ3n) is 3.03. The first kappa shape index (κ1) is 15.3. The zero-order chi connectivity index (χ0) is 13.5. The Labute approximate surface area is 116 Å². The molecule has 102 valence electrons. The lowest BCUT2D eigenvalue weighted by molar-refractivity contribution is 0.259. The molecule has 0 fully saturated rings. The molecule has 0 spiro atoms. The van der Waals surface area contributed by atoms with Gasteiger partial charge in [0.1, 0.15) is 0 Å². The van der Waals surface area contributed by atoms with Crippen LogP contribution in [0.1, 0.15) is 18.9 Å². The Hall–Kier alpha value is -0.770. The van der Waals surface area contributed by atoms with Crippen LogP contribution in [-0.4, -0.2) is 43.5 Å². The number of hydrogen-bond acceptors (Lipinski definition) is 3. The zero-order valence-electron chi connectivity index (χ0n) is 11.6. The second kappa shape index (κ2) is 7.62. The fourth-order valence-electron chi connectivity index (χ4n) is 1.91. The number of halogens is 1. The molecule has 0 saturated heterocycles. The van der Waals surface area contributed by atoms with Crippen molar-refractivity contribution < 1.29 is 0 Å². The lowest BCUT2D eigenvalue weighted by Crippen LogP contribution is -2.27. The SMILES string of the molecule is CCN(CCCN(C)C)Cc1ccc(Cl)cc1N. The van der Waals surface area contributed by atoms with Crippen molar-refractivity contribution >= 4 is 17.3 Å². The Bertz CT molecular complexity index is 366. The maximum Gasteiger partial charge on any atom is 0.0426 e. The topological polar surface area (TPSA) is 32.5 Å². The zero-order valence-corrected chi connectivity index (χ0v) is 12.4. The van der Waals surface area contributed by atoms with Crippen molar-refractivity contribution in [1.29, 1.82) is 0 Å². The summed E-state index contributed by atoms with van der Waals surface area (Å²) in [6, 6.07) is 5.75. The van der Waals surface area contributed by atoms with Gasteiger partial charge in [0.05, 0.1) is 0 Å². The first-order valence-electron chi connectivity index (χ1n) is 6.44. The van der Waals surface area contributed by atoms with Gasteiger partial charge < -0.3 is 10.6 Å². The van der Waals surface area contributed by atoms with Crippen LogP contribution >= 0.6 is 11.6 Å². The van der Waals surface area contributed by atoms with Crippen molar-refractivity contribution in [3.05, 3.63) is 28.8 Å². The summed E-state index contributed by atoms with van der Waals surface area (Å²) < 4.78 is 0. The summed E-state index contributed by atoms with van der Waals surface area (Å²) in [7, 11) is 4.21. The first-order valence-corrected chi connectivity index (χ1v) is 6.81. The van der Waals surface area contributed by atoms with E-state index in [2.05, 4.69) is 30.8 Å². The predicted octanol–water partition coefficient (Wildman–Crippen LogP) is 2.70. The van der Waals surface area contributed by atoms with Gasteiger partial charge in [-0.2, -0.15) is 0 Å². The minimum absolute atomic E-state index is 0.701. The monoisotopic (exact) mass is 269 g/mol. The van der Waals surface area contributed by atoms with Gasteiger partial charge >= 0.3 is 0 Å². The molecule has 0 aliphatic rings. The van der Waals surface area contributed by atoms with Crippen molar-refractivity contribution in [3.8, 4) is 0 Å². The average molecular weight is 270 g/mol. The van der Waals surface area contributed by atoms with Gasteiger partial charge in [-0.1, -0.05) is 24.6 Å². The number of anilines is 1. The molecule has 0 aromatic heterocycles. The summed E-state index contributed by atoms with van der Waals surface area (Å²) in [6.07, 6.45) is 1.17. The molecule has 1 aromatic carbocycles. The van der Waals surface area contributed by atoms with Gasteiger partial charge in [-0.3, -0.25) is 4.90 Å². The lowest BCUT2D eigenvalue weighted by atomic mass is 10.1. The van der Waals surface area contributed by atoms with E-state index in [0.717, 1.165) is 37.4 Å². The van der Waals surface area contributed by atoms with E-state index in [9.17, 15) is 0 Å². The minimum atomic E-state index is 0.701. The van der Waals surface area contributed by atoms with Crippen LogP contribution in [0.3, 0.4) is 0 Å². The molecule has 0 aliphatic heterocycles. The Morgan fingerprint density at radius 3 is 2.50 bits per heavy atom. The van der Waals surface area contributed by atoms with Crippen LogP contribution in [0.2, 0.25) is 5.02 Å². The number of benzene rings is 1. The quantitative estimate of drug-likeness (QED) is 0.773. The van der Waals surface area contributed by atoms with E-state index in [-0.39, 0.29) is 0 Å². The van der Waals surface area contributed by atoms with Crippen molar-refractivity contribution in [3.63, 3.8) is 0 Å². The number of nitrogens with two attached hydrogens (primary N) is 1. The summed E-state index contributed by atoms with van der Waals surface area (Å²) in [6.45, 7) is 6.33. The molecule has 0 bridgehead atoms. The molecule has 0 heterocycles. The minimum Gasteiger partial charge on any atom is -0.398 e. The Morgan fingerprint density at radius 2 is 1.94 bits per heavy atom. The summed E-state index contributed by atoms with van der Waals surface area (Å²) in [5.41, 5.74) is 7.93. The van der Waals surface area contributed by atoms with Crippen LogP contribution in [0.25, 0.3) is 0 Å². The Morgan fingerprint density at radius 1 is 1.22 bits per heavy atom. The number of rotatable bonds is 7. The van der Waals surface area contributed by atoms with Crippen molar-refractivity contribution in [2.45, 2.75) is 19.9 Å². The number of nitrogen functional groups attached to an aromatic ring is 1. The van der Waals surface area contributed by atoms with Gasteiger partial charge in [-0.05, 0) is 57.8 Å². The molecule has 18 heavy (non-hydrogen) atoms. The molecule has 0 radical (unpaired) electrons. The first-order chi connectivity index (χ1) is 8.52. The standard InChI is InChI=1S/C14H24ClN3/c1-4-18(9-5-8-17(2)3)11-12-6-7-13(15)10-14(12)16/h6-7,10H,4-5,8-9,11,16H2,1-3H3. The fourth-order valence-corrected chi connectivity index (χ4v) is 2.09. The highest BCUT2D eigenvalue weighted by Gasteiger charge is 2.07. The van der Waals surface area contributed by atoms with Gasteiger partial charge in [0.25, 0.3) is 0 Å². The van der Waals surface area contributed by atoms with E-state index in [1.54, 1.807) is 0 Å². The highest BCUT2D eigenvalue weighted by molar-refractivity contribution is 6.30. The largest absolute Gasteiger partial charge is 0.398 e. The van der Waals surface area contributed by atoms with E-state index in [4.69, 9.17) is 17.3 Å². The summed E-state index contributed by atoms with van der Waals surface area (Å²) >= 11 is 5.91. The highest BCUT2D eigenvalue weighted by Crippen LogP contribution is 2.19. The molecule has 4 heteroatoms. The Kier molecular flexibility index (Phi) is 6.47. The van der Waals surface area contributed by atoms with Crippen molar-refractivity contribution in [2.75, 3.05) is 39.5 Å². The molecule has 1 aromatic rings. The van der Waals surface area contributed by atoms with Crippen LogP contribution in [-0.2, 0) is 6.54 Å².